The molecule has 0 aliphatic rings. The molecule has 1 N–H and O–H groups in total. The van der Waals surface area contributed by atoms with E-state index in [2.05, 4.69) is 34.6 Å². The van der Waals surface area contributed by atoms with Gasteiger partial charge in [-0.1, -0.05) is 24.3 Å². The van der Waals surface area contributed by atoms with Crippen LogP contribution in [0, 0.1) is 0 Å². The van der Waals surface area contributed by atoms with Crippen molar-refractivity contribution >= 4 is 22.1 Å². The van der Waals surface area contributed by atoms with Crippen LogP contribution >= 0.6 is 0 Å². The summed E-state index contributed by atoms with van der Waals surface area (Å²) >= 11 is 0. The molecule has 0 radical (unpaired) electrons. The van der Waals surface area contributed by atoms with Crippen LogP contribution in [0.2, 0.25) is 0 Å². The van der Waals surface area contributed by atoms with E-state index in [9.17, 15) is 4.79 Å². The van der Waals surface area contributed by atoms with Crippen LogP contribution in [0.3, 0.4) is 0 Å². The lowest BCUT2D eigenvalue weighted by Gasteiger charge is -2.13. The number of rotatable bonds is 6. The van der Waals surface area contributed by atoms with Gasteiger partial charge in [0.25, 0.3) is 0 Å². The second kappa shape index (κ2) is 6.80. The van der Waals surface area contributed by atoms with E-state index in [-0.39, 0.29) is 5.69 Å². The quantitative estimate of drug-likeness (QED) is 0.582. The van der Waals surface area contributed by atoms with Crippen molar-refractivity contribution in [1.29, 1.82) is 0 Å². The fourth-order valence-corrected chi connectivity index (χ4v) is 3.45. The number of para-hydroxylation sites is 4. The Hall–Kier alpha value is -2.86. The zero-order chi connectivity index (χ0) is 18.1. The molecule has 0 aliphatic heterocycles. The normalized spacial score (nSPS) is 11.8. The van der Waals surface area contributed by atoms with Crippen LogP contribution in [-0.4, -0.2) is 44.6 Å². The predicted molar refractivity (Wildman–Crippen MR) is 105 cm³/mol. The molecule has 4 aromatic rings. The number of imidazole rings is 2. The Morgan fingerprint density at radius 1 is 1.00 bits per heavy atom. The maximum Gasteiger partial charge on any atom is 0.326 e. The molecular formula is C20H23N5O. The zero-order valence-electron chi connectivity index (χ0n) is 15.1. The summed E-state index contributed by atoms with van der Waals surface area (Å²) in [4.78, 5) is 22.4. The van der Waals surface area contributed by atoms with Crippen LogP contribution in [0.1, 0.15) is 12.2 Å². The maximum absolute atomic E-state index is 12.4. The molecule has 0 fully saturated rings. The van der Waals surface area contributed by atoms with Gasteiger partial charge >= 0.3 is 5.69 Å². The third-order valence-electron chi connectivity index (χ3n) is 4.70. The molecule has 4 rings (SSSR count). The minimum absolute atomic E-state index is 0.0990. The SMILES string of the molecule is CN(C)CCCn1c(Cn2c(=O)[nH]c3ccccc32)nc2ccccc21. The van der Waals surface area contributed by atoms with E-state index in [1.54, 1.807) is 4.57 Å². The summed E-state index contributed by atoms with van der Waals surface area (Å²) in [7, 11) is 4.16. The summed E-state index contributed by atoms with van der Waals surface area (Å²) in [6, 6.07) is 15.9. The van der Waals surface area contributed by atoms with Crippen LogP contribution in [0.15, 0.2) is 53.3 Å². The summed E-state index contributed by atoms with van der Waals surface area (Å²) in [5, 5.41) is 0. The van der Waals surface area contributed by atoms with Gasteiger partial charge in [0.05, 0.1) is 28.6 Å². The summed E-state index contributed by atoms with van der Waals surface area (Å²) in [6.45, 7) is 2.35. The van der Waals surface area contributed by atoms with Crippen LogP contribution in [0.4, 0.5) is 0 Å². The summed E-state index contributed by atoms with van der Waals surface area (Å²) in [5.74, 6) is 0.914. The number of nitrogens with zero attached hydrogens (tertiary/aromatic N) is 4. The number of hydrogen-bond acceptors (Lipinski definition) is 3. The molecule has 2 aromatic carbocycles. The number of aromatic amines is 1. The number of aryl methyl sites for hydroxylation is 1. The molecule has 26 heavy (non-hydrogen) atoms. The van der Waals surface area contributed by atoms with Crippen molar-refractivity contribution in [3.05, 3.63) is 64.8 Å². The first kappa shape index (κ1) is 16.6. The predicted octanol–water partition coefficient (Wildman–Crippen LogP) is 2.68. The van der Waals surface area contributed by atoms with Crippen molar-refractivity contribution in [2.24, 2.45) is 0 Å². The van der Waals surface area contributed by atoms with Crippen molar-refractivity contribution in [3.63, 3.8) is 0 Å². The van der Waals surface area contributed by atoms with Gasteiger partial charge in [-0.3, -0.25) is 4.57 Å². The van der Waals surface area contributed by atoms with Gasteiger partial charge < -0.3 is 14.5 Å². The van der Waals surface area contributed by atoms with Crippen LogP contribution in [0.5, 0.6) is 0 Å². The first-order valence-electron chi connectivity index (χ1n) is 8.90. The molecule has 0 amide bonds. The lowest BCUT2D eigenvalue weighted by atomic mass is 10.3. The average molecular weight is 349 g/mol. The fourth-order valence-electron chi connectivity index (χ4n) is 3.45. The molecule has 0 atom stereocenters. The van der Waals surface area contributed by atoms with E-state index >= 15 is 0 Å². The number of nitrogens with one attached hydrogen (secondary N) is 1. The number of hydrogen-bond donors (Lipinski definition) is 1. The maximum atomic E-state index is 12.4. The lowest BCUT2D eigenvalue weighted by molar-refractivity contribution is 0.385. The van der Waals surface area contributed by atoms with Crippen molar-refractivity contribution in [1.82, 2.24) is 24.0 Å². The Bertz CT molecular complexity index is 1100. The van der Waals surface area contributed by atoms with Gasteiger partial charge in [0.1, 0.15) is 5.82 Å². The van der Waals surface area contributed by atoms with Gasteiger partial charge in [-0.25, -0.2) is 9.78 Å². The van der Waals surface area contributed by atoms with Gasteiger partial charge in [0, 0.05) is 6.54 Å². The number of H-pyrrole nitrogens is 1. The Labute approximate surface area is 151 Å². The molecule has 2 heterocycles. The fraction of sp³-hybridized carbons (Fsp3) is 0.300. The molecule has 0 bridgehead atoms. The van der Waals surface area contributed by atoms with Crippen molar-refractivity contribution in [3.8, 4) is 0 Å². The molecular weight excluding hydrogens is 326 g/mol. The second-order valence-corrected chi connectivity index (χ2v) is 6.86. The highest BCUT2D eigenvalue weighted by Crippen LogP contribution is 2.18. The summed E-state index contributed by atoms with van der Waals surface area (Å²) < 4.78 is 4.01. The van der Waals surface area contributed by atoms with Crippen molar-refractivity contribution in [2.75, 3.05) is 20.6 Å². The van der Waals surface area contributed by atoms with E-state index in [0.29, 0.717) is 6.54 Å². The molecule has 6 nitrogen and oxygen atoms in total. The monoisotopic (exact) mass is 349 g/mol. The van der Waals surface area contributed by atoms with E-state index in [1.165, 1.54) is 0 Å². The van der Waals surface area contributed by atoms with Crippen molar-refractivity contribution in [2.45, 2.75) is 19.5 Å². The van der Waals surface area contributed by atoms with Gasteiger partial charge in [0.15, 0.2) is 0 Å². The highest BCUT2D eigenvalue weighted by atomic mass is 16.1. The molecule has 0 spiro atoms. The molecule has 134 valence electrons. The molecule has 6 heteroatoms. The molecule has 2 aromatic heterocycles. The first-order chi connectivity index (χ1) is 12.6. The van der Waals surface area contributed by atoms with E-state index in [0.717, 1.165) is 47.4 Å². The molecule has 0 aliphatic carbocycles. The standard InChI is InChI=1S/C20H23N5O/c1-23(2)12-7-13-24-17-10-5-3-8-15(17)21-19(24)14-25-18-11-6-4-9-16(18)22-20(25)26/h3-6,8-11H,7,12-14H2,1-2H3,(H,22,26). The smallest absolute Gasteiger partial charge is 0.326 e. The van der Waals surface area contributed by atoms with Gasteiger partial charge in [0.2, 0.25) is 0 Å². The van der Waals surface area contributed by atoms with Gasteiger partial charge in [-0.2, -0.15) is 0 Å². The summed E-state index contributed by atoms with van der Waals surface area (Å²) in [5.41, 5.74) is 3.75. The number of fused-ring (bicyclic) bond motifs is 2. The van der Waals surface area contributed by atoms with Crippen LogP contribution < -0.4 is 5.69 Å². The Morgan fingerprint density at radius 2 is 1.73 bits per heavy atom. The first-order valence-corrected chi connectivity index (χ1v) is 8.90. The molecule has 0 saturated carbocycles. The van der Waals surface area contributed by atoms with E-state index < -0.39 is 0 Å². The van der Waals surface area contributed by atoms with Gasteiger partial charge in [-0.15, -0.1) is 0 Å². The van der Waals surface area contributed by atoms with Crippen LogP contribution in [0.25, 0.3) is 22.1 Å². The number of benzene rings is 2. The average Bonchev–Trinajstić information content (AvgIpc) is 3.13. The van der Waals surface area contributed by atoms with E-state index in [1.807, 2.05) is 42.5 Å². The van der Waals surface area contributed by atoms with E-state index in [4.69, 9.17) is 4.98 Å². The highest BCUT2D eigenvalue weighted by molar-refractivity contribution is 5.77. The van der Waals surface area contributed by atoms with Gasteiger partial charge in [-0.05, 0) is 51.3 Å². The lowest BCUT2D eigenvalue weighted by Crippen LogP contribution is -2.21. The largest absolute Gasteiger partial charge is 0.326 e. The Balaban J connectivity index is 1.75. The van der Waals surface area contributed by atoms with Crippen LogP contribution in [-0.2, 0) is 13.1 Å². The third-order valence-corrected chi connectivity index (χ3v) is 4.70. The molecule has 0 unspecified atom stereocenters. The summed E-state index contributed by atoms with van der Waals surface area (Å²) in [6.07, 6.45) is 1.03. The number of aromatic nitrogens is 4. The molecule has 0 saturated heterocycles. The Morgan fingerprint density at radius 3 is 2.54 bits per heavy atom. The minimum atomic E-state index is -0.0990. The minimum Gasteiger partial charge on any atom is -0.326 e. The highest BCUT2D eigenvalue weighted by Gasteiger charge is 2.14. The topological polar surface area (TPSA) is 58.9 Å². The Kier molecular flexibility index (Phi) is 4.34. The van der Waals surface area contributed by atoms with Crippen molar-refractivity contribution < 1.29 is 0 Å². The zero-order valence-corrected chi connectivity index (χ0v) is 15.1. The third kappa shape index (κ3) is 3.04. The second-order valence-electron chi connectivity index (χ2n) is 6.86.